The van der Waals surface area contributed by atoms with E-state index in [2.05, 4.69) is 4.72 Å². The van der Waals surface area contributed by atoms with Crippen LogP contribution in [0.5, 0.6) is 5.75 Å². The second kappa shape index (κ2) is 10.8. The molecule has 1 heterocycles. The van der Waals surface area contributed by atoms with E-state index >= 15 is 0 Å². The van der Waals surface area contributed by atoms with Crippen LogP contribution in [0.2, 0.25) is 0 Å². The SMILES string of the molecule is CCOC(=O)N1CCN(C(=O)COc2ccc(S(=O)(=O)NC3CCCCC3)cc2)CC1. The second-order valence-electron chi connectivity index (χ2n) is 7.78. The lowest BCUT2D eigenvalue weighted by Crippen LogP contribution is -2.51. The fraction of sp³-hybridized carbons (Fsp3) is 0.619. The van der Waals surface area contributed by atoms with E-state index in [1.165, 1.54) is 12.1 Å². The zero-order valence-corrected chi connectivity index (χ0v) is 18.7. The van der Waals surface area contributed by atoms with E-state index in [-0.39, 0.29) is 29.5 Å². The summed E-state index contributed by atoms with van der Waals surface area (Å²) in [6.45, 7) is 3.62. The van der Waals surface area contributed by atoms with Gasteiger partial charge in [0, 0.05) is 32.2 Å². The van der Waals surface area contributed by atoms with E-state index in [1.54, 1.807) is 28.9 Å². The van der Waals surface area contributed by atoms with E-state index < -0.39 is 10.0 Å². The number of nitrogens with one attached hydrogen (secondary N) is 1. The normalized spacial score (nSPS) is 18.0. The van der Waals surface area contributed by atoms with E-state index in [9.17, 15) is 18.0 Å². The van der Waals surface area contributed by atoms with Crippen LogP contribution in [0.3, 0.4) is 0 Å². The predicted molar refractivity (Wildman–Crippen MR) is 114 cm³/mol. The van der Waals surface area contributed by atoms with Crippen LogP contribution in [0.1, 0.15) is 39.0 Å². The van der Waals surface area contributed by atoms with Gasteiger partial charge in [0.2, 0.25) is 10.0 Å². The van der Waals surface area contributed by atoms with Crippen molar-refractivity contribution in [2.75, 3.05) is 39.4 Å². The summed E-state index contributed by atoms with van der Waals surface area (Å²) in [5.41, 5.74) is 0. The molecule has 1 saturated carbocycles. The first-order valence-corrected chi connectivity index (χ1v) is 12.3. The van der Waals surface area contributed by atoms with Crippen LogP contribution in [0, 0.1) is 0 Å². The van der Waals surface area contributed by atoms with Gasteiger partial charge in [-0.25, -0.2) is 17.9 Å². The van der Waals surface area contributed by atoms with E-state index in [1.807, 2.05) is 0 Å². The topological polar surface area (TPSA) is 105 Å². The monoisotopic (exact) mass is 453 g/mol. The molecule has 1 aliphatic carbocycles. The molecule has 1 saturated heterocycles. The summed E-state index contributed by atoms with van der Waals surface area (Å²) >= 11 is 0. The molecule has 2 fully saturated rings. The molecule has 0 unspecified atom stereocenters. The Morgan fingerprint density at radius 1 is 1.00 bits per heavy atom. The van der Waals surface area contributed by atoms with Crippen molar-refractivity contribution in [1.29, 1.82) is 0 Å². The fourth-order valence-electron chi connectivity index (χ4n) is 3.81. The molecule has 9 nitrogen and oxygen atoms in total. The molecule has 2 amide bonds. The van der Waals surface area contributed by atoms with Crippen LogP contribution in [-0.2, 0) is 19.6 Å². The molecule has 1 aromatic carbocycles. The van der Waals surface area contributed by atoms with Gasteiger partial charge in [0.15, 0.2) is 6.61 Å². The van der Waals surface area contributed by atoms with Crippen molar-refractivity contribution in [3.63, 3.8) is 0 Å². The highest BCUT2D eigenvalue weighted by atomic mass is 32.2. The lowest BCUT2D eigenvalue weighted by molar-refractivity contribution is -0.134. The maximum Gasteiger partial charge on any atom is 0.409 e. The Morgan fingerprint density at radius 2 is 1.61 bits per heavy atom. The van der Waals surface area contributed by atoms with Crippen molar-refractivity contribution in [3.05, 3.63) is 24.3 Å². The predicted octanol–water partition coefficient (Wildman–Crippen LogP) is 1.98. The Morgan fingerprint density at radius 3 is 2.23 bits per heavy atom. The number of rotatable bonds is 7. The third-order valence-electron chi connectivity index (χ3n) is 5.58. The summed E-state index contributed by atoms with van der Waals surface area (Å²) in [5.74, 6) is 0.245. The van der Waals surface area contributed by atoms with E-state index in [0.29, 0.717) is 38.5 Å². The molecular formula is C21H31N3O6S. The lowest BCUT2D eigenvalue weighted by atomic mass is 9.96. The third kappa shape index (κ3) is 6.57. The first kappa shape index (κ1) is 23.3. The van der Waals surface area contributed by atoms with Crippen LogP contribution < -0.4 is 9.46 Å². The Balaban J connectivity index is 1.46. The number of ether oxygens (including phenoxy) is 2. The Bertz CT molecular complexity index is 844. The molecule has 0 radical (unpaired) electrons. The largest absolute Gasteiger partial charge is 0.484 e. The number of hydrogen-bond donors (Lipinski definition) is 1. The van der Waals surface area contributed by atoms with Crippen molar-refractivity contribution in [3.8, 4) is 5.75 Å². The maximum absolute atomic E-state index is 12.6. The molecule has 0 bridgehead atoms. The van der Waals surface area contributed by atoms with Gasteiger partial charge in [0.25, 0.3) is 5.91 Å². The van der Waals surface area contributed by atoms with E-state index in [0.717, 1.165) is 32.1 Å². The number of amides is 2. The highest BCUT2D eigenvalue weighted by Gasteiger charge is 2.25. The molecule has 10 heteroatoms. The van der Waals surface area contributed by atoms with Gasteiger partial charge >= 0.3 is 6.09 Å². The molecule has 0 atom stereocenters. The van der Waals surface area contributed by atoms with Crippen LogP contribution in [0.25, 0.3) is 0 Å². The van der Waals surface area contributed by atoms with Crippen molar-refractivity contribution in [2.45, 2.75) is 50.0 Å². The van der Waals surface area contributed by atoms with Crippen molar-refractivity contribution >= 4 is 22.0 Å². The summed E-state index contributed by atoms with van der Waals surface area (Å²) in [6, 6.07) is 6.09. The quantitative estimate of drug-likeness (QED) is 0.677. The lowest BCUT2D eigenvalue weighted by Gasteiger charge is -2.33. The minimum absolute atomic E-state index is 0.00315. The van der Waals surface area contributed by atoms with Gasteiger partial charge < -0.3 is 19.3 Å². The zero-order chi connectivity index (χ0) is 22.3. The standard InChI is InChI=1S/C21H31N3O6S/c1-2-29-21(26)24-14-12-23(13-15-24)20(25)16-30-18-8-10-19(11-9-18)31(27,28)22-17-6-4-3-5-7-17/h8-11,17,22H,2-7,12-16H2,1H3. The van der Waals surface area contributed by atoms with Crippen LogP contribution in [-0.4, -0.2) is 75.7 Å². The molecular weight excluding hydrogens is 422 g/mol. The fourth-order valence-corrected chi connectivity index (χ4v) is 5.12. The number of carbonyl (C=O) groups excluding carboxylic acids is 2. The average Bonchev–Trinajstić information content (AvgIpc) is 2.78. The minimum atomic E-state index is -3.56. The Kier molecular flexibility index (Phi) is 8.14. The summed E-state index contributed by atoms with van der Waals surface area (Å²) in [7, 11) is -3.56. The van der Waals surface area contributed by atoms with Gasteiger partial charge in [-0.3, -0.25) is 4.79 Å². The average molecular weight is 454 g/mol. The van der Waals surface area contributed by atoms with Crippen LogP contribution in [0.4, 0.5) is 4.79 Å². The van der Waals surface area contributed by atoms with Gasteiger partial charge in [0.1, 0.15) is 5.75 Å². The molecule has 31 heavy (non-hydrogen) atoms. The van der Waals surface area contributed by atoms with Gasteiger partial charge in [-0.1, -0.05) is 19.3 Å². The highest BCUT2D eigenvalue weighted by Crippen LogP contribution is 2.21. The van der Waals surface area contributed by atoms with Gasteiger partial charge in [0.05, 0.1) is 11.5 Å². The Labute approximate surface area is 183 Å². The first-order valence-electron chi connectivity index (χ1n) is 10.8. The van der Waals surface area contributed by atoms with Gasteiger partial charge in [-0.2, -0.15) is 0 Å². The number of hydrogen-bond acceptors (Lipinski definition) is 6. The summed E-state index contributed by atoms with van der Waals surface area (Å²) < 4.78 is 38.4. The number of benzene rings is 1. The number of sulfonamides is 1. The number of piperazine rings is 1. The van der Waals surface area contributed by atoms with Crippen molar-refractivity contribution in [1.82, 2.24) is 14.5 Å². The van der Waals surface area contributed by atoms with Gasteiger partial charge in [-0.05, 0) is 44.0 Å². The molecule has 172 valence electrons. The summed E-state index contributed by atoms with van der Waals surface area (Å²) in [4.78, 5) is 27.5. The smallest absolute Gasteiger partial charge is 0.409 e. The van der Waals surface area contributed by atoms with Crippen LogP contribution in [0.15, 0.2) is 29.2 Å². The summed E-state index contributed by atoms with van der Waals surface area (Å²) in [5, 5.41) is 0. The molecule has 1 aromatic rings. The molecule has 0 aromatic heterocycles. The number of carbonyl (C=O) groups is 2. The van der Waals surface area contributed by atoms with Crippen molar-refractivity contribution < 1.29 is 27.5 Å². The van der Waals surface area contributed by atoms with Crippen molar-refractivity contribution in [2.24, 2.45) is 0 Å². The first-order chi connectivity index (χ1) is 14.9. The molecule has 2 aliphatic rings. The van der Waals surface area contributed by atoms with E-state index in [4.69, 9.17) is 9.47 Å². The molecule has 0 spiro atoms. The van der Waals surface area contributed by atoms with Crippen LogP contribution >= 0.6 is 0 Å². The zero-order valence-electron chi connectivity index (χ0n) is 17.9. The highest BCUT2D eigenvalue weighted by molar-refractivity contribution is 7.89. The Hall–Kier alpha value is -2.33. The third-order valence-corrected chi connectivity index (χ3v) is 7.12. The molecule has 3 rings (SSSR count). The molecule has 1 N–H and O–H groups in total. The number of nitrogens with zero attached hydrogens (tertiary/aromatic N) is 2. The summed E-state index contributed by atoms with van der Waals surface area (Å²) in [6.07, 6.45) is 4.63. The van der Waals surface area contributed by atoms with Gasteiger partial charge in [-0.15, -0.1) is 0 Å². The maximum atomic E-state index is 12.6. The minimum Gasteiger partial charge on any atom is -0.484 e. The second-order valence-corrected chi connectivity index (χ2v) is 9.50. The molecule has 1 aliphatic heterocycles.